The summed E-state index contributed by atoms with van der Waals surface area (Å²) in [4.78, 5) is 0. The summed E-state index contributed by atoms with van der Waals surface area (Å²) in [6, 6.07) is 2.97. The smallest absolute Gasteiger partial charge is 0.0683 e. The highest BCUT2D eigenvalue weighted by atomic mass is 14.9. The Balaban J connectivity index is 3.49. The number of nitrogens with one attached hydrogen (secondary N) is 1. The Hall–Kier alpha value is -0.550. The molecule has 0 saturated heterocycles. The second-order valence-electron chi connectivity index (χ2n) is 6.06. The lowest BCUT2D eigenvalue weighted by Gasteiger charge is -2.18. The number of rotatable bonds is 9. The van der Waals surface area contributed by atoms with Crippen LogP contribution in [0.2, 0.25) is 0 Å². The van der Waals surface area contributed by atoms with Gasteiger partial charge in [0.15, 0.2) is 0 Å². The van der Waals surface area contributed by atoms with Crippen LogP contribution in [-0.2, 0) is 0 Å². The molecule has 1 N–H and O–H groups in total. The Morgan fingerprint density at radius 2 is 1.88 bits per heavy atom. The van der Waals surface area contributed by atoms with Crippen LogP contribution in [0.4, 0.5) is 0 Å². The van der Waals surface area contributed by atoms with Crippen LogP contribution in [0.5, 0.6) is 0 Å². The van der Waals surface area contributed by atoms with E-state index in [1.165, 1.54) is 19.3 Å². The zero-order chi connectivity index (χ0) is 13.3. The van der Waals surface area contributed by atoms with Crippen molar-refractivity contribution >= 4 is 0 Å². The third-order valence-corrected chi connectivity index (χ3v) is 3.48. The predicted molar refractivity (Wildman–Crippen MR) is 74.8 cm³/mol. The molecule has 0 rings (SSSR count). The molecule has 2 unspecified atom stereocenters. The van der Waals surface area contributed by atoms with Crippen molar-refractivity contribution in [3.05, 3.63) is 0 Å². The third kappa shape index (κ3) is 9.18. The van der Waals surface area contributed by atoms with Gasteiger partial charge in [0.2, 0.25) is 0 Å². The van der Waals surface area contributed by atoms with Gasteiger partial charge in [0, 0.05) is 6.04 Å². The number of hydrogen-bond donors (Lipinski definition) is 1. The SMILES string of the molecule is CCC(C)CC(C)NCCCCC(C)(C)C#N. The van der Waals surface area contributed by atoms with E-state index < -0.39 is 0 Å². The van der Waals surface area contributed by atoms with E-state index in [9.17, 15) is 0 Å². The molecule has 0 amide bonds. The van der Waals surface area contributed by atoms with Crippen LogP contribution < -0.4 is 5.32 Å². The molecule has 0 aromatic rings. The van der Waals surface area contributed by atoms with E-state index in [4.69, 9.17) is 5.26 Å². The van der Waals surface area contributed by atoms with Gasteiger partial charge in [-0.2, -0.15) is 5.26 Å². The highest BCUT2D eigenvalue weighted by Gasteiger charge is 2.15. The molecule has 100 valence electrons. The largest absolute Gasteiger partial charge is 0.314 e. The Labute approximate surface area is 108 Å². The van der Waals surface area contributed by atoms with E-state index in [-0.39, 0.29) is 5.41 Å². The van der Waals surface area contributed by atoms with E-state index in [0.29, 0.717) is 6.04 Å². The summed E-state index contributed by atoms with van der Waals surface area (Å²) in [5, 5.41) is 12.5. The van der Waals surface area contributed by atoms with Gasteiger partial charge in [0.25, 0.3) is 0 Å². The van der Waals surface area contributed by atoms with Gasteiger partial charge < -0.3 is 5.32 Å². The van der Waals surface area contributed by atoms with Crippen LogP contribution in [0.1, 0.15) is 66.7 Å². The molecular formula is C15H30N2. The Morgan fingerprint density at radius 1 is 1.24 bits per heavy atom. The van der Waals surface area contributed by atoms with Gasteiger partial charge in [-0.1, -0.05) is 26.7 Å². The molecule has 0 radical (unpaired) electrons. The number of nitriles is 1. The number of unbranched alkanes of at least 4 members (excludes halogenated alkanes) is 1. The molecule has 2 nitrogen and oxygen atoms in total. The normalized spacial score (nSPS) is 15.3. The molecule has 0 aliphatic carbocycles. The lowest BCUT2D eigenvalue weighted by molar-refractivity contribution is 0.391. The molecule has 0 bridgehead atoms. The molecular weight excluding hydrogens is 208 g/mol. The topological polar surface area (TPSA) is 35.8 Å². The second kappa shape index (κ2) is 8.53. The fourth-order valence-corrected chi connectivity index (χ4v) is 1.95. The van der Waals surface area contributed by atoms with Crippen molar-refractivity contribution in [2.24, 2.45) is 11.3 Å². The van der Waals surface area contributed by atoms with Gasteiger partial charge in [0.05, 0.1) is 11.5 Å². The van der Waals surface area contributed by atoms with Crippen molar-refractivity contribution < 1.29 is 0 Å². The van der Waals surface area contributed by atoms with E-state index in [1.54, 1.807) is 0 Å². The Kier molecular flexibility index (Phi) is 8.25. The Bertz CT molecular complexity index is 228. The van der Waals surface area contributed by atoms with Crippen molar-refractivity contribution in [3.8, 4) is 6.07 Å². The summed E-state index contributed by atoms with van der Waals surface area (Å²) < 4.78 is 0. The van der Waals surface area contributed by atoms with E-state index in [2.05, 4.69) is 32.2 Å². The molecule has 2 atom stereocenters. The Morgan fingerprint density at radius 3 is 2.41 bits per heavy atom. The van der Waals surface area contributed by atoms with Gasteiger partial charge in [-0.05, 0) is 52.5 Å². The summed E-state index contributed by atoms with van der Waals surface area (Å²) in [7, 11) is 0. The molecule has 0 aliphatic heterocycles. The molecule has 0 aromatic carbocycles. The molecule has 17 heavy (non-hydrogen) atoms. The van der Waals surface area contributed by atoms with E-state index in [1.807, 2.05) is 13.8 Å². The molecule has 0 spiro atoms. The lowest BCUT2D eigenvalue weighted by atomic mass is 9.89. The van der Waals surface area contributed by atoms with Gasteiger partial charge >= 0.3 is 0 Å². The molecule has 0 saturated carbocycles. The van der Waals surface area contributed by atoms with Crippen molar-refractivity contribution in [2.75, 3.05) is 6.54 Å². The summed E-state index contributed by atoms with van der Waals surface area (Å²) in [6.07, 6.45) is 5.85. The second-order valence-corrected chi connectivity index (χ2v) is 6.06. The fourth-order valence-electron chi connectivity index (χ4n) is 1.95. The predicted octanol–water partition coefficient (Wildman–Crippen LogP) is 4.12. The number of nitrogens with zero attached hydrogens (tertiary/aromatic N) is 1. The maximum Gasteiger partial charge on any atom is 0.0683 e. The van der Waals surface area contributed by atoms with Crippen molar-refractivity contribution in [2.45, 2.75) is 72.8 Å². The lowest BCUT2D eigenvalue weighted by Crippen LogP contribution is -2.28. The van der Waals surface area contributed by atoms with Gasteiger partial charge in [0.1, 0.15) is 0 Å². The highest BCUT2D eigenvalue weighted by Crippen LogP contribution is 2.21. The van der Waals surface area contributed by atoms with Crippen LogP contribution in [-0.4, -0.2) is 12.6 Å². The zero-order valence-corrected chi connectivity index (χ0v) is 12.3. The molecule has 0 fully saturated rings. The minimum atomic E-state index is -0.150. The first-order valence-corrected chi connectivity index (χ1v) is 7.06. The van der Waals surface area contributed by atoms with E-state index in [0.717, 1.165) is 25.3 Å². The summed E-state index contributed by atoms with van der Waals surface area (Å²) >= 11 is 0. The van der Waals surface area contributed by atoms with Gasteiger partial charge in [-0.25, -0.2) is 0 Å². The maximum absolute atomic E-state index is 8.90. The van der Waals surface area contributed by atoms with Gasteiger partial charge in [-0.15, -0.1) is 0 Å². The molecule has 2 heteroatoms. The first-order chi connectivity index (χ1) is 7.91. The minimum Gasteiger partial charge on any atom is -0.314 e. The van der Waals surface area contributed by atoms with Crippen LogP contribution in [0.25, 0.3) is 0 Å². The molecule has 0 heterocycles. The van der Waals surface area contributed by atoms with Crippen LogP contribution >= 0.6 is 0 Å². The zero-order valence-electron chi connectivity index (χ0n) is 12.3. The van der Waals surface area contributed by atoms with Crippen LogP contribution in [0, 0.1) is 22.7 Å². The average molecular weight is 238 g/mol. The monoisotopic (exact) mass is 238 g/mol. The van der Waals surface area contributed by atoms with Crippen molar-refractivity contribution in [1.82, 2.24) is 5.32 Å². The van der Waals surface area contributed by atoms with Gasteiger partial charge in [-0.3, -0.25) is 0 Å². The van der Waals surface area contributed by atoms with E-state index >= 15 is 0 Å². The average Bonchev–Trinajstić information content (AvgIpc) is 2.28. The quantitative estimate of drug-likeness (QED) is 0.613. The number of hydrogen-bond acceptors (Lipinski definition) is 2. The molecule has 0 aromatic heterocycles. The van der Waals surface area contributed by atoms with Crippen LogP contribution in [0.15, 0.2) is 0 Å². The standard InChI is InChI=1S/C15H30N2/c1-6-13(2)11-14(3)17-10-8-7-9-15(4,5)12-16/h13-14,17H,6-11H2,1-5H3. The highest BCUT2D eigenvalue weighted by molar-refractivity contribution is 4.91. The minimum absolute atomic E-state index is 0.150. The van der Waals surface area contributed by atoms with Crippen molar-refractivity contribution in [1.29, 1.82) is 5.26 Å². The maximum atomic E-state index is 8.90. The van der Waals surface area contributed by atoms with Crippen LogP contribution in [0.3, 0.4) is 0 Å². The molecule has 0 aliphatic rings. The fraction of sp³-hybridized carbons (Fsp3) is 0.933. The first-order valence-electron chi connectivity index (χ1n) is 7.06. The van der Waals surface area contributed by atoms with Crippen molar-refractivity contribution in [3.63, 3.8) is 0 Å². The first kappa shape index (κ1) is 16.4. The summed E-state index contributed by atoms with van der Waals surface area (Å²) in [6.45, 7) is 12.0. The third-order valence-electron chi connectivity index (χ3n) is 3.48. The summed E-state index contributed by atoms with van der Waals surface area (Å²) in [5.41, 5.74) is -0.150. The summed E-state index contributed by atoms with van der Waals surface area (Å²) in [5.74, 6) is 0.815.